The van der Waals surface area contributed by atoms with Gasteiger partial charge < -0.3 is 14.8 Å². The van der Waals surface area contributed by atoms with Crippen molar-refractivity contribution < 1.29 is 18.3 Å². The summed E-state index contributed by atoms with van der Waals surface area (Å²) in [7, 11) is 0. The molecule has 2 aromatic rings. The van der Waals surface area contributed by atoms with Crippen LogP contribution in [0.4, 0.5) is 20.3 Å². The Bertz CT molecular complexity index is 679. The minimum absolute atomic E-state index is 0.00485. The van der Waals surface area contributed by atoms with E-state index in [1.54, 1.807) is 12.3 Å². The number of nitrogens with one attached hydrogen (secondary N) is 1. The second-order valence-corrected chi connectivity index (χ2v) is 5.19. The Balaban J connectivity index is 1.86. The van der Waals surface area contributed by atoms with E-state index in [2.05, 4.69) is 35.7 Å². The molecule has 0 bridgehead atoms. The molecule has 2 heterocycles. The van der Waals surface area contributed by atoms with E-state index in [1.807, 2.05) is 13.0 Å². The van der Waals surface area contributed by atoms with Crippen molar-refractivity contribution in [3.63, 3.8) is 0 Å². The van der Waals surface area contributed by atoms with Gasteiger partial charge in [-0.15, -0.1) is 8.78 Å². The van der Waals surface area contributed by atoms with Crippen molar-refractivity contribution in [2.75, 3.05) is 5.32 Å². The largest absolute Gasteiger partial charge is 0.586 e. The number of rotatable bonds is 2. The zero-order valence-corrected chi connectivity index (χ0v) is 11.9. The van der Waals surface area contributed by atoms with Gasteiger partial charge in [0, 0.05) is 22.4 Å². The van der Waals surface area contributed by atoms with E-state index in [0.29, 0.717) is 11.5 Å². The molecule has 0 spiro atoms. The average molecular weight is 343 g/mol. The summed E-state index contributed by atoms with van der Waals surface area (Å²) in [5, 5.41) is 3.04. The predicted molar refractivity (Wildman–Crippen MR) is 72.6 cm³/mol. The number of fused-ring (bicyclic) bond motifs is 1. The maximum absolute atomic E-state index is 12.9. The number of aryl methyl sites for hydroxylation is 1. The third-order valence-corrected chi connectivity index (χ3v) is 3.14. The fourth-order valence-corrected chi connectivity index (χ4v) is 2.28. The highest BCUT2D eigenvalue weighted by atomic mass is 79.9. The van der Waals surface area contributed by atoms with E-state index < -0.39 is 6.29 Å². The van der Waals surface area contributed by atoms with Crippen molar-refractivity contribution in [1.82, 2.24) is 4.98 Å². The van der Waals surface area contributed by atoms with Gasteiger partial charge in [0.1, 0.15) is 5.82 Å². The highest BCUT2D eigenvalue weighted by Gasteiger charge is 2.43. The lowest BCUT2D eigenvalue weighted by atomic mass is 10.2. The molecule has 1 aliphatic heterocycles. The molecule has 0 radical (unpaired) electrons. The monoisotopic (exact) mass is 342 g/mol. The van der Waals surface area contributed by atoms with Crippen molar-refractivity contribution >= 4 is 27.4 Å². The summed E-state index contributed by atoms with van der Waals surface area (Å²) in [6.07, 6.45) is -1.96. The topological polar surface area (TPSA) is 43.4 Å². The van der Waals surface area contributed by atoms with Crippen molar-refractivity contribution in [2.45, 2.75) is 13.2 Å². The SMILES string of the molecule is Cc1cc(Br)cnc1Nc1ccc2c(c1)OC(F)(F)O2. The van der Waals surface area contributed by atoms with Crippen LogP contribution in [0.5, 0.6) is 11.5 Å². The van der Waals surface area contributed by atoms with Crippen LogP contribution in [0.15, 0.2) is 34.9 Å². The number of alkyl halides is 2. The first-order chi connectivity index (χ1) is 9.43. The Labute approximate surface area is 121 Å². The average Bonchev–Trinajstić information content (AvgIpc) is 2.66. The number of hydrogen-bond acceptors (Lipinski definition) is 4. The van der Waals surface area contributed by atoms with E-state index in [-0.39, 0.29) is 11.5 Å². The number of aromatic nitrogens is 1. The third kappa shape index (κ3) is 2.53. The second-order valence-electron chi connectivity index (χ2n) is 4.27. The van der Waals surface area contributed by atoms with Gasteiger partial charge in [-0.05, 0) is 46.6 Å². The minimum atomic E-state index is -3.60. The zero-order chi connectivity index (χ0) is 14.3. The van der Waals surface area contributed by atoms with Gasteiger partial charge >= 0.3 is 6.29 Å². The molecule has 0 amide bonds. The number of hydrogen-bond donors (Lipinski definition) is 1. The van der Waals surface area contributed by atoms with Gasteiger partial charge in [-0.3, -0.25) is 0 Å². The predicted octanol–water partition coefficient (Wildman–Crippen LogP) is 4.22. The number of anilines is 2. The van der Waals surface area contributed by atoms with Gasteiger partial charge in [0.15, 0.2) is 11.5 Å². The first-order valence-corrected chi connectivity index (χ1v) is 6.51. The van der Waals surface area contributed by atoms with E-state index in [4.69, 9.17) is 0 Å². The van der Waals surface area contributed by atoms with Crippen LogP contribution in [-0.2, 0) is 0 Å². The van der Waals surface area contributed by atoms with Crippen LogP contribution in [0.25, 0.3) is 0 Å². The molecule has 0 saturated heterocycles. The molecular weight excluding hydrogens is 334 g/mol. The standard InChI is InChI=1S/C13H9BrF2N2O2/c1-7-4-8(14)6-17-12(7)18-9-2-3-10-11(5-9)20-13(15,16)19-10/h2-6H,1H3,(H,17,18). The fourth-order valence-electron chi connectivity index (χ4n) is 1.83. The van der Waals surface area contributed by atoms with Crippen molar-refractivity contribution in [2.24, 2.45) is 0 Å². The summed E-state index contributed by atoms with van der Waals surface area (Å²) < 4.78 is 35.4. The highest BCUT2D eigenvalue weighted by Crippen LogP contribution is 2.42. The molecule has 1 N–H and O–H groups in total. The lowest BCUT2D eigenvalue weighted by Crippen LogP contribution is -2.25. The molecule has 0 aliphatic carbocycles. The smallest absolute Gasteiger partial charge is 0.395 e. The maximum atomic E-state index is 12.9. The lowest BCUT2D eigenvalue weighted by molar-refractivity contribution is -0.286. The van der Waals surface area contributed by atoms with Crippen molar-refractivity contribution in [1.29, 1.82) is 0 Å². The zero-order valence-electron chi connectivity index (χ0n) is 10.3. The summed E-state index contributed by atoms with van der Waals surface area (Å²) in [4.78, 5) is 4.22. The lowest BCUT2D eigenvalue weighted by Gasteiger charge is -2.09. The molecule has 20 heavy (non-hydrogen) atoms. The number of pyridine rings is 1. The van der Waals surface area contributed by atoms with Gasteiger partial charge in [-0.25, -0.2) is 4.98 Å². The summed E-state index contributed by atoms with van der Waals surface area (Å²) >= 11 is 3.32. The summed E-state index contributed by atoms with van der Waals surface area (Å²) in [6.45, 7) is 1.89. The third-order valence-electron chi connectivity index (χ3n) is 2.71. The molecule has 0 fully saturated rings. The quantitative estimate of drug-likeness (QED) is 0.887. The van der Waals surface area contributed by atoms with E-state index >= 15 is 0 Å². The highest BCUT2D eigenvalue weighted by molar-refractivity contribution is 9.10. The molecule has 1 aromatic carbocycles. The Kier molecular flexibility index (Phi) is 3.01. The summed E-state index contributed by atoms with van der Waals surface area (Å²) in [6, 6.07) is 6.38. The number of benzene rings is 1. The van der Waals surface area contributed by atoms with Crippen LogP contribution in [0, 0.1) is 6.92 Å². The van der Waals surface area contributed by atoms with Gasteiger partial charge in [0.2, 0.25) is 0 Å². The second kappa shape index (κ2) is 4.59. The molecule has 0 atom stereocenters. The van der Waals surface area contributed by atoms with Crippen LogP contribution >= 0.6 is 15.9 Å². The molecule has 1 aromatic heterocycles. The number of ether oxygens (including phenoxy) is 2. The van der Waals surface area contributed by atoms with Gasteiger partial charge in [0.05, 0.1) is 0 Å². The first kappa shape index (κ1) is 13.1. The fraction of sp³-hybridized carbons (Fsp3) is 0.154. The van der Waals surface area contributed by atoms with Crippen LogP contribution < -0.4 is 14.8 Å². The molecule has 104 valence electrons. The summed E-state index contributed by atoms with van der Waals surface area (Å²) in [5.41, 5.74) is 1.50. The van der Waals surface area contributed by atoms with E-state index in [9.17, 15) is 8.78 Å². The number of nitrogens with zero attached hydrogens (tertiary/aromatic N) is 1. The minimum Gasteiger partial charge on any atom is -0.395 e. The molecule has 0 saturated carbocycles. The van der Waals surface area contributed by atoms with Gasteiger partial charge in [0.25, 0.3) is 0 Å². The van der Waals surface area contributed by atoms with Gasteiger partial charge in [-0.2, -0.15) is 0 Å². The van der Waals surface area contributed by atoms with Crippen molar-refractivity contribution in [3.8, 4) is 11.5 Å². The molecular formula is C13H9BrF2N2O2. The Morgan fingerprint density at radius 2 is 1.95 bits per heavy atom. The molecule has 7 heteroatoms. The molecule has 1 aliphatic rings. The van der Waals surface area contributed by atoms with Crippen LogP contribution in [0.3, 0.4) is 0 Å². The van der Waals surface area contributed by atoms with Crippen LogP contribution in [0.2, 0.25) is 0 Å². The van der Waals surface area contributed by atoms with Gasteiger partial charge in [-0.1, -0.05) is 0 Å². The Hall–Kier alpha value is -1.89. The van der Waals surface area contributed by atoms with Crippen LogP contribution in [-0.4, -0.2) is 11.3 Å². The maximum Gasteiger partial charge on any atom is 0.586 e. The Morgan fingerprint density at radius 3 is 2.70 bits per heavy atom. The Morgan fingerprint density at radius 1 is 1.20 bits per heavy atom. The molecule has 0 unspecified atom stereocenters. The van der Waals surface area contributed by atoms with E-state index in [0.717, 1.165) is 10.0 Å². The van der Waals surface area contributed by atoms with E-state index in [1.165, 1.54) is 12.1 Å². The number of halogens is 3. The van der Waals surface area contributed by atoms with Crippen molar-refractivity contribution in [3.05, 3.63) is 40.5 Å². The first-order valence-electron chi connectivity index (χ1n) is 5.72. The van der Waals surface area contributed by atoms with Crippen LogP contribution in [0.1, 0.15) is 5.56 Å². The normalized spacial score (nSPS) is 15.2. The molecule has 3 rings (SSSR count). The summed E-state index contributed by atoms with van der Waals surface area (Å²) in [5.74, 6) is 0.648. The molecule has 4 nitrogen and oxygen atoms in total.